The van der Waals surface area contributed by atoms with Gasteiger partial charge in [-0.05, 0) is 12.1 Å². The normalized spacial score (nSPS) is 10.5. The molecule has 0 amide bonds. The first kappa shape index (κ1) is 15.4. The van der Waals surface area contributed by atoms with Crippen molar-refractivity contribution in [3.8, 4) is 11.4 Å². The number of hydrogen-bond donors (Lipinski definition) is 1. The largest absolute Gasteiger partial charge is 0.497 e. The fourth-order valence-electron chi connectivity index (χ4n) is 2.05. The topological polar surface area (TPSA) is 79.4 Å². The molecule has 2 rings (SSSR count). The predicted octanol–water partition coefficient (Wildman–Crippen LogP) is 2.57. The number of carbonyl (C=O) groups excluding carboxylic acids is 1. The van der Waals surface area contributed by atoms with Gasteiger partial charge in [-0.3, -0.25) is 4.57 Å². The van der Waals surface area contributed by atoms with Crippen LogP contribution in [0.5, 0.6) is 5.75 Å². The summed E-state index contributed by atoms with van der Waals surface area (Å²) in [5, 5.41) is 0. The van der Waals surface area contributed by atoms with Crippen molar-refractivity contribution in [3.63, 3.8) is 0 Å². The van der Waals surface area contributed by atoms with Gasteiger partial charge in [0.05, 0.1) is 19.9 Å². The van der Waals surface area contributed by atoms with Gasteiger partial charge in [-0.25, -0.2) is 9.78 Å². The quantitative estimate of drug-likeness (QED) is 0.854. The monoisotopic (exact) mass is 353 g/mol. The molecular weight excluding hydrogens is 338 g/mol. The van der Waals surface area contributed by atoms with E-state index in [4.69, 9.17) is 15.2 Å². The molecule has 1 heterocycles. The molecule has 0 saturated heterocycles. The second-order valence-electron chi connectivity index (χ2n) is 4.29. The fraction of sp³-hybridized carbons (Fsp3) is 0.286. The number of methoxy groups -OCH3 is 2. The van der Waals surface area contributed by atoms with Crippen LogP contribution in [0.4, 0.5) is 5.82 Å². The predicted molar refractivity (Wildman–Crippen MR) is 82.9 cm³/mol. The molecule has 1 aromatic heterocycles. The van der Waals surface area contributed by atoms with E-state index in [9.17, 15) is 4.79 Å². The summed E-state index contributed by atoms with van der Waals surface area (Å²) in [5.41, 5.74) is 6.95. The van der Waals surface area contributed by atoms with Crippen molar-refractivity contribution >= 4 is 27.7 Å². The molecule has 2 N–H and O–H groups in total. The summed E-state index contributed by atoms with van der Waals surface area (Å²) in [6, 6.07) is 5.53. The molecule has 21 heavy (non-hydrogen) atoms. The third kappa shape index (κ3) is 2.87. The van der Waals surface area contributed by atoms with Crippen LogP contribution >= 0.6 is 15.9 Å². The zero-order valence-electron chi connectivity index (χ0n) is 12.0. The molecule has 0 aliphatic carbocycles. The molecule has 2 aromatic rings. The van der Waals surface area contributed by atoms with Gasteiger partial charge in [0.1, 0.15) is 17.4 Å². The van der Waals surface area contributed by atoms with Crippen LogP contribution in [-0.2, 0) is 11.2 Å². The van der Waals surface area contributed by atoms with E-state index < -0.39 is 5.97 Å². The van der Waals surface area contributed by atoms with E-state index in [1.165, 1.54) is 7.11 Å². The second-order valence-corrected chi connectivity index (χ2v) is 5.21. The SMILES string of the molecule is CCc1nc(C(=O)OC)c(N)n1-c1cc(Br)cc(OC)c1. The zero-order valence-corrected chi connectivity index (χ0v) is 13.6. The maximum atomic E-state index is 11.7. The number of hydrogen-bond acceptors (Lipinski definition) is 5. The lowest BCUT2D eigenvalue weighted by atomic mass is 10.3. The molecule has 0 saturated carbocycles. The van der Waals surface area contributed by atoms with E-state index in [0.717, 1.165) is 10.2 Å². The third-order valence-corrected chi connectivity index (χ3v) is 3.49. The number of benzene rings is 1. The second kappa shape index (κ2) is 6.17. The van der Waals surface area contributed by atoms with Gasteiger partial charge in [0, 0.05) is 17.0 Å². The number of carbonyl (C=O) groups is 1. The smallest absolute Gasteiger partial charge is 0.360 e. The van der Waals surface area contributed by atoms with Crippen LogP contribution in [-0.4, -0.2) is 29.7 Å². The van der Waals surface area contributed by atoms with Crippen molar-refractivity contribution in [2.75, 3.05) is 20.0 Å². The molecule has 0 atom stereocenters. The first-order valence-corrected chi connectivity index (χ1v) is 7.11. The van der Waals surface area contributed by atoms with Gasteiger partial charge in [0.2, 0.25) is 0 Å². The van der Waals surface area contributed by atoms with Gasteiger partial charge in [-0.2, -0.15) is 0 Å². The molecule has 6 nitrogen and oxygen atoms in total. The highest BCUT2D eigenvalue weighted by atomic mass is 79.9. The number of aromatic nitrogens is 2. The summed E-state index contributed by atoms with van der Waals surface area (Å²) in [7, 11) is 2.89. The van der Waals surface area contributed by atoms with Crippen LogP contribution in [0.3, 0.4) is 0 Å². The van der Waals surface area contributed by atoms with Gasteiger partial charge < -0.3 is 15.2 Å². The number of esters is 1. The Balaban J connectivity index is 2.65. The number of nitrogen functional groups attached to an aromatic ring is 1. The van der Waals surface area contributed by atoms with E-state index in [-0.39, 0.29) is 11.5 Å². The van der Waals surface area contributed by atoms with Crippen molar-refractivity contribution < 1.29 is 14.3 Å². The minimum absolute atomic E-state index is 0.119. The maximum absolute atomic E-state index is 11.7. The summed E-state index contributed by atoms with van der Waals surface area (Å²) in [5.74, 6) is 1.05. The fourth-order valence-corrected chi connectivity index (χ4v) is 2.51. The lowest BCUT2D eigenvalue weighted by molar-refractivity contribution is 0.0596. The maximum Gasteiger partial charge on any atom is 0.360 e. The average Bonchev–Trinajstić information content (AvgIpc) is 2.82. The number of rotatable bonds is 4. The van der Waals surface area contributed by atoms with Gasteiger partial charge in [-0.15, -0.1) is 0 Å². The molecule has 112 valence electrons. The number of aryl methyl sites for hydroxylation is 1. The van der Waals surface area contributed by atoms with Crippen LogP contribution < -0.4 is 10.5 Å². The Morgan fingerprint density at radius 2 is 2.10 bits per heavy atom. The molecule has 0 fully saturated rings. The van der Waals surface area contributed by atoms with Gasteiger partial charge >= 0.3 is 5.97 Å². The van der Waals surface area contributed by atoms with Crippen LogP contribution in [0, 0.1) is 0 Å². The Morgan fingerprint density at radius 3 is 2.67 bits per heavy atom. The molecule has 0 aliphatic heterocycles. The van der Waals surface area contributed by atoms with Crippen molar-refractivity contribution in [2.45, 2.75) is 13.3 Å². The number of anilines is 1. The summed E-state index contributed by atoms with van der Waals surface area (Å²) in [6.07, 6.45) is 0.621. The van der Waals surface area contributed by atoms with E-state index >= 15 is 0 Å². The van der Waals surface area contributed by atoms with Gasteiger partial charge in [0.15, 0.2) is 5.69 Å². The number of ether oxygens (including phenoxy) is 2. The summed E-state index contributed by atoms with van der Waals surface area (Å²) >= 11 is 3.43. The van der Waals surface area contributed by atoms with E-state index in [2.05, 4.69) is 20.9 Å². The summed E-state index contributed by atoms with van der Waals surface area (Å²) < 4.78 is 12.5. The van der Waals surface area contributed by atoms with Gasteiger partial charge in [0.25, 0.3) is 0 Å². The summed E-state index contributed by atoms with van der Waals surface area (Å²) in [4.78, 5) is 16.0. The van der Waals surface area contributed by atoms with Crippen LogP contribution in [0.1, 0.15) is 23.2 Å². The Hall–Kier alpha value is -2.02. The summed E-state index contributed by atoms with van der Waals surface area (Å²) in [6.45, 7) is 1.94. The molecule has 0 radical (unpaired) electrons. The van der Waals surface area contributed by atoms with Crippen molar-refractivity contribution in [3.05, 3.63) is 34.2 Å². The van der Waals surface area contributed by atoms with E-state index in [1.807, 2.05) is 25.1 Å². The highest BCUT2D eigenvalue weighted by molar-refractivity contribution is 9.10. The standard InChI is InChI=1S/C14H16BrN3O3/c1-4-11-17-12(14(19)21-3)13(16)18(11)9-5-8(15)6-10(7-9)20-2/h5-7H,4,16H2,1-3H3. The Bertz CT molecular complexity index is 682. The number of imidazole rings is 1. The molecule has 0 spiro atoms. The molecule has 1 aromatic carbocycles. The molecule has 7 heteroatoms. The lowest BCUT2D eigenvalue weighted by Crippen LogP contribution is -2.08. The number of nitrogens with two attached hydrogens (primary N) is 1. The Kier molecular flexibility index (Phi) is 4.52. The van der Waals surface area contributed by atoms with Crippen LogP contribution in [0.15, 0.2) is 22.7 Å². The highest BCUT2D eigenvalue weighted by Crippen LogP contribution is 2.28. The number of nitrogens with zero attached hydrogens (tertiary/aromatic N) is 2. The molecular formula is C14H16BrN3O3. The van der Waals surface area contributed by atoms with Crippen molar-refractivity contribution in [1.82, 2.24) is 9.55 Å². The molecule has 0 aliphatic rings. The van der Waals surface area contributed by atoms with E-state index in [1.54, 1.807) is 11.7 Å². The van der Waals surface area contributed by atoms with Crippen molar-refractivity contribution in [1.29, 1.82) is 0 Å². The third-order valence-electron chi connectivity index (χ3n) is 3.03. The minimum atomic E-state index is -0.553. The van der Waals surface area contributed by atoms with Crippen LogP contribution in [0.2, 0.25) is 0 Å². The van der Waals surface area contributed by atoms with E-state index in [0.29, 0.717) is 18.0 Å². The van der Waals surface area contributed by atoms with Crippen LogP contribution in [0.25, 0.3) is 5.69 Å². The number of halogens is 1. The first-order valence-electron chi connectivity index (χ1n) is 6.32. The Labute approximate surface area is 131 Å². The first-order chi connectivity index (χ1) is 10.0. The molecule has 0 bridgehead atoms. The highest BCUT2D eigenvalue weighted by Gasteiger charge is 2.21. The van der Waals surface area contributed by atoms with Crippen molar-refractivity contribution in [2.24, 2.45) is 0 Å². The Morgan fingerprint density at radius 1 is 1.38 bits per heavy atom. The zero-order chi connectivity index (χ0) is 15.6. The lowest BCUT2D eigenvalue weighted by Gasteiger charge is -2.11. The average molecular weight is 354 g/mol. The molecule has 0 unspecified atom stereocenters. The van der Waals surface area contributed by atoms with Gasteiger partial charge in [-0.1, -0.05) is 22.9 Å². The minimum Gasteiger partial charge on any atom is -0.497 e.